The SMILES string of the molecule is COc1ccc([Si](C)(C)[C@@H]2[C@@H](CCO)O[C@]3(C(=O)N(Cc4ccc(N5C(=O)c6ccccc6Oc6ccccc65)cc4)c4ccc(Br)cc43)[C@H]2C)cc1. The second-order valence-corrected chi connectivity index (χ2v) is 20.2. The predicted octanol–water partition coefficient (Wildman–Crippen LogP) is 8.69. The van der Waals surface area contributed by atoms with Crippen molar-refractivity contribution in [1.29, 1.82) is 0 Å². The largest absolute Gasteiger partial charge is 0.497 e. The quantitative estimate of drug-likeness (QED) is 0.158. The zero-order valence-corrected chi connectivity index (χ0v) is 32.7. The second-order valence-electron chi connectivity index (χ2n) is 14.6. The molecule has 3 aliphatic rings. The van der Waals surface area contributed by atoms with Crippen molar-refractivity contribution < 1.29 is 28.9 Å². The number of hydrogen-bond acceptors (Lipinski definition) is 6. The average molecular weight is 790 g/mol. The van der Waals surface area contributed by atoms with Crippen LogP contribution in [0.2, 0.25) is 18.6 Å². The van der Waals surface area contributed by atoms with E-state index in [-0.39, 0.29) is 36.0 Å². The zero-order chi connectivity index (χ0) is 37.1. The Bertz CT molecular complexity index is 2210. The van der Waals surface area contributed by atoms with Crippen molar-refractivity contribution in [2.75, 3.05) is 23.5 Å². The van der Waals surface area contributed by atoms with Gasteiger partial charge in [-0.3, -0.25) is 14.5 Å². The van der Waals surface area contributed by atoms with E-state index in [1.807, 2.05) is 95.9 Å². The highest BCUT2D eigenvalue weighted by Gasteiger charge is 2.66. The van der Waals surface area contributed by atoms with Gasteiger partial charge in [-0.2, -0.15) is 0 Å². The van der Waals surface area contributed by atoms with Crippen LogP contribution in [0.15, 0.2) is 120 Å². The molecule has 4 atom stereocenters. The Hall–Kier alpha value is -4.74. The number of carbonyl (C=O) groups is 2. The lowest BCUT2D eigenvalue weighted by atomic mass is 9.82. The molecule has 10 heteroatoms. The summed E-state index contributed by atoms with van der Waals surface area (Å²) in [5.41, 5.74) is 3.21. The summed E-state index contributed by atoms with van der Waals surface area (Å²) in [6.07, 6.45) is 0.131. The molecule has 0 bridgehead atoms. The fourth-order valence-electron chi connectivity index (χ4n) is 8.84. The average Bonchev–Trinajstić information content (AvgIpc) is 3.53. The minimum atomic E-state index is -2.29. The lowest BCUT2D eigenvalue weighted by molar-refractivity contribution is -0.146. The standard InChI is InChI=1S/C43H41BrN2O6Si/c1-27-40(53(3,4)32-20-18-31(50-2)19-21-32)39(23-24-47)52-43(27)34-25-29(44)15-22-35(34)45(42(43)49)26-28-13-16-30(17-14-28)46-36-10-6-8-12-38(36)51-37-11-7-5-9-33(37)41(46)48/h5-22,25,27,39-40,47H,23-24,26H2,1-4H3/t27-,39+,40-,43+/m0/s1. The molecule has 0 unspecified atom stereocenters. The third-order valence-corrected chi connectivity index (χ3v) is 16.2. The molecule has 5 aromatic carbocycles. The van der Waals surface area contributed by atoms with Crippen LogP contribution < -0.4 is 24.5 Å². The van der Waals surface area contributed by atoms with Gasteiger partial charge in [-0.05, 0) is 84.3 Å². The molecule has 5 aromatic rings. The minimum absolute atomic E-state index is 0.0334. The molecule has 1 fully saturated rings. The normalized spacial score (nSPS) is 22.0. The molecule has 3 aliphatic heterocycles. The zero-order valence-electron chi connectivity index (χ0n) is 30.1. The predicted molar refractivity (Wildman–Crippen MR) is 212 cm³/mol. The number of aliphatic hydroxyl groups is 1. The van der Waals surface area contributed by atoms with Crippen molar-refractivity contribution >= 4 is 58.1 Å². The lowest BCUT2D eigenvalue weighted by Gasteiger charge is -2.37. The molecule has 0 aliphatic carbocycles. The van der Waals surface area contributed by atoms with Gasteiger partial charge >= 0.3 is 0 Å². The summed E-state index contributed by atoms with van der Waals surface area (Å²) in [7, 11) is -0.630. The Balaban J connectivity index is 1.13. The molecule has 0 radical (unpaired) electrons. The number of nitrogens with zero attached hydrogens (tertiary/aromatic N) is 2. The number of benzene rings is 5. The van der Waals surface area contributed by atoms with Crippen LogP contribution in [0.1, 0.15) is 34.8 Å². The number of aliphatic hydroxyl groups excluding tert-OH is 1. The molecule has 0 aromatic heterocycles. The first-order valence-corrected chi connectivity index (χ1v) is 21.8. The third kappa shape index (κ3) is 5.70. The fraction of sp³-hybridized carbons (Fsp3) is 0.256. The van der Waals surface area contributed by atoms with E-state index in [2.05, 4.69) is 48.1 Å². The van der Waals surface area contributed by atoms with E-state index < -0.39 is 13.7 Å². The lowest BCUT2D eigenvalue weighted by Crippen LogP contribution is -2.51. The Morgan fingerprint density at radius 3 is 2.28 bits per heavy atom. The van der Waals surface area contributed by atoms with Crippen molar-refractivity contribution in [2.45, 2.75) is 50.2 Å². The number of carbonyl (C=O) groups excluding carboxylic acids is 2. The molecular formula is C43H41BrN2O6Si. The van der Waals surface area contributed by atoms with Crippen LogP contribution in [-0.4, -0.2) is 44.8 Å². The molecule has 1 spiro atoms. The van der Waals surface area contributed by atoms with Gasteiger partial charge < -0.3 is 24.2 Å². The maximum atomic E-state index is 15.1. The van der Waals surface area contributed by atoms with Crippen molar-refractivity contribution in [3.8, 4) is 17.2 Å². The van der Waals surface area contributed by atoms with Gasteiger partial charge in [-0.15, -0.1) is 0 Å². The van der Waals surface area contributed by atoms with E-state index in [1.165, 1.54) is 5.19 Å². The number of ether oxygens (including phenoxy) is 3. The third-order valence-electron chi connectivity index (χ3n) is 11.4. The molecule has 1 saturated heterocycles. The maximum Gasteiger partial charge on any atom is 0.266 e. The summed E-state index contributed by atoms with van der Waals surface area (Å²) >= 11 is 3.68. The number of anilines is 3. The van der Waals surface area contributed by atoms with E-state index >= 15 is 4.79 Å². The van der Waals surface area contributed by atoms with E-state index in [4.69, 9.17) is 14.2 Å². The Morgan fingerprint density at radius 2 is 1.57 bits per heavy atom. The molecule has 53 heavy (non-hydrogen) atoms. The van der Waals surface area contributed by atoms with Crippen LogP contribution in [0.4, 0.5) is 17.1 Å². The number of para-hydroxylation sites is 3. The van der Waals surface area contributed by atoms with E-state index in [0.717, 1.165) is 27.0 Å². The number of halogens is 1. The highest BCUT2D eigenvalue weighted by Crippen LogP contribution is 2.60. The van der Waals surface area contributed by atoms with Crippen LogP contribution in [0.25, 0.3) is 0 Å². The number of rotatable bonds is 8. The maximum absolute atomic E-state index is 15.1. The summed E-state index contributed by atoms with van der Waals surface area (Å²) in [5.74, 6) is 1.45. The molecule has 2 amide bonds. The van der Waals surface area contributed by atoms with Gasteiger partial charge in [-0.25, -0.2) is 0 Å². The van der Waals surface area contributed by atoms with Gasteiger partial charge in [0.25, 0.3) is 11.8 Å². The van der Waals surface area contributed by atoms with Crippen molar-refractivity contribution in [2.24, 2.45) is 5.92 Å². The van der Waals surface area contributed by atoms with Gasteiger partial charge in [0, 0.05) is 28.2 Å². The first-order valence-electron chi connectivity index (χ1n) is 17.9. The topological polar surface area (TPSA) is 88.5 Å². The van der Waals surface area contributed by atoms with Gasteiger partial charge in [0.15, 0.2) is 11.4 Å². The van der Waals surface area contributed by atoms with E-state index in [9.17, 15) is 9.90 Å². The molecule has 0 saturated carbocycles. The van der Waals surface area contributed by atoms with Gasteiger partial charge in [0.2, 0.25) is 0 Å². The Kier molecular flexibility index (Phi) is 9.05. The molecule has 3 heterocycles. The number of methoxy groups -OCH3 is 1. The molecule has 8 rings (SSSR count). The van der Waals surface area contributed by atoms with Crippen molar-refractivity contribution in [3.63, 3.8) is 0 Å². The van der Waals surface area contributed by atoms with Crippen LogP contribution in [0.5, 0.6) is 17.2 Å². The molecule has 8 nitrogen and oxygen atoms in total. The number of fused-ring (bicyclic) bond motifs is 4. The van der Waals surface area contributed by atoms with Gasteiger partial charge in [0.1, 0.15) is 11.5 Å². The monoisotopic (exact) mass is 788 g/mol. The summed E-state index contributed by atoms with van der Waals surface area (Å²) in [5, 5.41) is 11.5. The van der Waals surface area contributed by atoms with Crippen LogP contribution in [0.3, 0.4) is 0 Å². The first kappa shape index (κ1) is 35.3. The second kappa shape index (κ2) is 13.6. The van der Waals surface area contributed by atoms with E-state index in [1.54, 1.807) is 24.1 Å². The van der Waals surface area contributed by atoms with Crippen LogP contribution in [-0.2, 0) is 21.7 Å². The van der Waals surface area contributed by atoms with E-state index in [0.29, 0.717) is 41.4 Å². The summed E-state index contributed by atoms with van der Waals surface area (Å²) < 4.78 is 19.6. The summed E-state index contributed by atoms with van der Waals surface area (Å²) in [4.78, 5) is 32.6. The summed E-state index contributed by atoms with van der Waals surface area (Å²) in [6.45, 7) is 7.10. The van der Waals surface area contributed by atoms with Crippen molar-refractivity contribution in [1.82, 2.24) is 0 Å². The van der Waals surface area contributed by atoms with Crippen molar-refractivity contribution in [3.05, 3.63) is 136 Å². The van der Waals surface area contributed by atoms with Crippen LogP contribution >= 0.6 is 15.9 Å². The highest BCUT2D eigenvalue weighted by atomic mass is 79.9. The fourth-order valence-corrected chi connectivity index (χ4v) is 13.3. The Labute approximate surface area is 319 Å². The summed E-state index contributed by atoms with van der Waals surface area (Å²) in [6, 6.07) is 36.8. The van der Waals surface area contributed by atoms with Gasteiger partial charge in [-0.1, -0.05) is 89.7 Å². The minimum Gasteiger partial charge on any atom is -0.497 e. The highest BCUT2D eigenvalue weighted by molar-refractivity contribution is 9.10. The van der Waals surface area contributed by atoms with Crippen LogP contribution in [0, 0.1) is 5.92 Å². The molecule has 1 N–H and O–H groups in total. The Morgan fingerprint density at radius 1 is 0.868 bits per heavy atom. The van der Waals surface area contributed by atoms with Gasteiger partial charge in [0.05, 0.1) is 44.8 Å². The number of hydrogen-bond donors (Lipinski definition) is 1. The first-order chi connectivity index (χ1) is 25.6. The number of amides is 2. The molecular weight excluding hydrogens is 748 g/mol. The smallest absolute Gasteiger partial charge is 0.266 e. The molecule has 270 valence electrons.